The van der Waals surface area contributed by atoms with Crippen LogP contribution in [0.5, 0.6) is 11.5 Å². The lowest BCUT2D eigenvalue weighted by molar-refractivity contribution is -0.314. The van der Waals surface area contributed by atoms with Gasteiger partial charge in [-0.1, -0.05) is 18.2 Å². The second-order valence-electron chi connectivity index (χ2n) is 9.80. The Labute approximate surface area is 218 Å². The summed E-state index contributed by atoms with van der Waals surface area (Å²) in [6.45, 7) is 0.0621. The standard InChI is InChI=1S/C26H34O12/c1-26(34)24(33)23(32)19(11-27)36-25(26)35-16-6-2-13(3-7-16)14-5-9-18-15(10-14)4-8-17(29)21(30)22(31)20(12-28)38-37-18/h2-3,5-7,9-10,17,19-25,27-34H,4,8,11-12H2,1H3/t17-,19-,20-,21-,22-,23-,24+,25+,26+/m1/s1. The van der Waals surface area contributed by atoms with Crippen LogP contribution < -0.4 is 9.62 Å². The average Bonchev–Trinajstić information content (AvgIpc) is 2.92. The van der Waals surface area contributed by atoms with Crippen molar-refractivity contribution in [2.24, 2.45) is 0 Å². The molecule has 1 saturated heterocycles. The number of aryl methyl sites for hydroxylation is 1. The van der Waals surface area contributed by atoms with E-state index in [1.165, 1.54) is 6.92 Å². The second-order valence-corrected chi connectivity index (χ2v) is 9.80. The van der Waals surface area contributed by atoms with Gasteiger partial charge >= 0.3 is 0 Å². The quantitative estimate of drug-likeness (QED) is 0.208. The van der Waals surface area contributed by atoms with E-state index in [0.717, 1.165) is 11.1 Å². The van der Waals surface area contributed by atoms with Crippen molar-refractivity contribution in [3.63, 3.8) is 0 Å². The molecular weight excluding hydrogens is 504 g/mol. The Kier molecular flexibility index (Phi) is 8.89. The smallest absolute Gasteiger partial charge is 0.231 e. The van der Waals surface area contributed by atoms with E-state index < -0.39 is 67.8 Å². The molecule has 0 saturated carbocycles. The fourth-order valence-corrected chi connectivity index (χ4v) is 4.48. The van der Waals surface area contributed by atoms with Crippen molar-refractivity contribution >= 4 is 0 Å². The van der Waals surface area contributed by atoms with Crippen LogP contribution in [0.25, 0.3) is 11.1 Å². The fraction of sp³-hybridized carbons (Fsp3) is 0.538. The summed E-state index contributed by atoms with van der Waals surface area (Å²) in [5.41, 5.74) is 0.283. The minimum absolute atomic E-state index is 0.125. The number of rotatable bonds is 5. The highest BCUT2D eigenvalue weighted by atomic mass is 17.2. The van der Waals surface area contributed by atoms with E-state index in [9.17, 15) is 40.9 Å². The first kappa shape index (κ1) is 28.6. The van der Waals surface area contributed by atoms with Gasteiger partial charge in [-0.15, -0.1) is 0 Å². The highest BCUT2D eigenvalue weighted by molar-refractivity contribution is 5.66. The van der Waals surface area contributed by atoms with Gasteiger partial charge in [-0.25, -0.2) is 0 Å². The highest BCUT2D eigenvalue weighted by Gasteiger charge is 2.53. The van der Waals surface area contributed by atoms with E-state index in [1.807, 2.05) is 6.07 Å². The van der Waals surface area contributed by atoms with Gasteiger partial charge in [-0.05, 0) is 60.7 Å². The van der Waals surface area contributed by atoms with Gasteiger partial charge in [0.05, 0.1) is 19.3 Å². The molecule has 0 aromatic heterocycles. The number of benzene rings is 2. The van der Waals surface area contributed by atoms with Crippen LogP contribution in [0.3, 0.4) is 0 Å². The van der Waals surface area contributed by atoms with Crippen molar-refractivity contribution in [2.75, 3.05) is 13.2 Å². The van der Waals surface area contributed by atoms with E-state index in [-0.39, 0.29) is 6.42 Å². The zero-order valence-corrected chi connectivity index (χ0v) is 20.7. The summed E-state index contributed by atoms with van der Waals surface area (Å²) in [5.74, 6) is 0.638. The third kappa shape index (κ3) is 5.80. The molecule has 8 N–H and O–H groups in total. The van der Waals surface area contributed by atoms with E-state index in [1.54, 1.807) is 36.4 Å². The Morgan fingerprint density at radius 3 is 2.18 bits per heavy atom. The molecule has 2 aromatic carbocycles. The van der Waals surface area contributed by atoms with Gasteiger partial charge < -0.3 is 55.2 Å². The first-order valence-electron chi connectivity index (χ1n) is 12.3. The summed E-state index contributed by atoms with van der Waals surface area (Å²) < 4.78 is 11.2. The Morgan fingerprint density at radius 2 is 1.53 bits per heavy atom. The number of aliphatic hydroxyl groups excluding tert-OH is 7. The normalized spacial score (nSPS) is 36.1. The summed E-state index contributed by atoms with van der Waals surface area (Å²) in [6.07, 6.45) is -10.7. The first-order valence-corrected chi connectivity index (χ1v) is 12.3. The minimum atomic E-state index is -1.94. The zero-order valence-electron chi connectivity index (χ0n) is 20.7. The van der Waals surface area contributed by atoms with E-state index >= 15 is 0 Å². The molecule has 12 heteroatoms. The first-order chi connectivity index (χ1) is 18.1. The molecule has 210 valence electrons. The molecule has 2 aliphatic heterocycles. The number of hydrogen-bond acceptors (Lipinski definition) is 12. The molecule has 2 aromatic rings. The predicted molar refractivity (Wildman–Crippen MR) is 130 cm³/mol. The van der Waals surface area contributed by atoms with Crippen molar-refractivity contribution in [1.82, 2.24) is 0 Å². The Morgan fingerprint density at radius 1 is 0.868 bits per heavy atom. The minimum Gasteiger partial charge on any atom is -0.462 e. The summed E-state index contributed by atoms with van der Waals surface area (Å²) >= 11 is 0. The number of fused-ring (bicyclic) bond motifs is 1. The van der Waals surface area contributed by atoms with Gasteiger partial charge in [0.2, 0.25) is 6.29 Å². The average molecular weight is 539 g/mol. The summed E-state index contributed by atoms with van der Waals surface area (Å²) in [4.78, 5) is 10.5. The number of aliphatic hydroxyl groups is 8. The molecule has 12 nitrogen and oxygen atoms in total. The van der Waals surface area contributed by atoms with Gasteiger partial charge in [-0.2, -0.15) is 4.89 Å². The molecule has 2 heterocycles. The van der Waals surface area contributed by atoms with Gasteiger partial charge in [0.1, 0.15) is 36.3 Å². The molecule has 1 fully saturated rings. The van der Waals surface area contributed by atoms with E-state index in [0.29, 0.717) is 23.5 Å². The Bertz CT molecular complexity index is 1060. The van der Waals surface area contributed by atoms with Crippen LogP contribution in [-0.2, 0) is 16.0 Å². The maximum absolute atomic E-state index is 10.6. The third-order valence-electron chi connectivity index (χ3n) is 7.03. The van der Waals surface area contributed by atoms with E-state index in [2.05, 4.69) is 0 Å². The third-order valence-corrected chi connectivity index (χ3v) is 7.03. The molecule has 2 aliphatic rings. The molecule has 4 rings (SSSR count). The lowest BCUT2D eigenvalue weighted by Crippen LogP contribution is -2.66. The van der Waals surface area contributed by atoms with Gasteiger partial charge in [0, 0.05) is 0 Å². The molecule has 0 unspecified atom stereocenters. The Hall–Kier alpha value is -2.36. The predicted octanol–water partition coefficient (Wildman–Crippen LogP) is -1.38. The molecular formula is C26H34O12. The molecule has 0 spiro atoms. The molecule has 0 radical (unpaired) electrons. The molecule has 9 atom stereocenters. The molecule has 0 amide bonds. The van der Waals surface area contributed by atoms with Crippen molar-refractivity contribution in [2.45, 2.75) is 74.4 Å². The fourth-order valence-electron chi connectivity index (χ4n) is 4.48. The summed E-state index contributed by atoms with van der Waals surface area (Å²) in [6, 6.07) is 12.0. The maximum Gasteiger partial charge on any atom is 0.231 e. The van der Waals surface area contributed by atoms with Crippen molar-refractivity contribution in [3.05, 3.63) is 48.0 Å². The van der Waals surface area contributed by atoms with E-state index in [4.69, 9.17) is 19.2 Å². The Balaban J connectivity index is 1.51. The number of hydrogen-bond donors (Lipinski definition) is 8. The van der Waals surface area contributed by atoms with Crippen LogP contribution in [0.2, 0.25) is 0 Å². The van der Waals surface area contributed by atoms with Crippen LogP contribution in [0.15, 0.2) is 42.5 Å². The molecule has 0 aliphatic carbocycles. The SMILES string of the molecule is C[C@@]1(O)[C@@H](Oc2ccc(-c3ccc4c(c3)CC[C@@H](O)[C@@H](O)[C@H](O)[C@@H](CO)OO4)cc2)O[C@H](CO)[C@@H](O)[C@@H]1O. The van der Waals surface area contributed by atoms with Crippen molar-refractivity contribution in [3.8, 4) is 22.6 Å². The second kappa shape index (κ2) is 11.8. The highest BCUT2D eigenvalue weighted by Crippen LogP contribution is 2.34. The topological polar surface area (TPSA) is 199 Å². The maximum atomic E-state index is 10.6. The lowest BCUT2D eigenvalue weighted by Gasteiger charge is -2.45. The van der Waals surface area contributed by atoms with Gasteiger partial charge in [0.25, 0.3) is 0 Å². The van der Waals surface area contributed by atoms with Gasteiger partial charge in [-0.3, -0.25) is 0 Å². The zero-order chi connectivity index (χ0) is 27.6. The van der Waals surface area contributed by atoms with Crippen molar-refractivity contribution < 1.29 is 60.1 Å². The number of ether oxygens (including phenoxy) is 2. The monoisotopic (exact) mass is 538 g/mol. The van der Waals surface area contributed by atoms with Crippen molar-refractivity contribution in [1.29, 1.82) is 0 Å². The van der Waals surface area contributed by atoms with Crippen LogP contribution >= 0.6 is 0 Å². The van der Waals surface area contributed by atoms with Crippen LogP contribution in [-0.4, -0.2) is 109 Å². The summed E-state index contributed by atoms with van der Waals surface area (Å²) in [5, 5.41) is 80.3. The molecule has 38 heavy (non-hydrogen) atoms. The lowest BCUT2D eigenvalue weighted by atomic mass is 9.88. The van der Waals surface area contributed by atoms with Crippen LogP contribution in [0.1, 0.15) is 18.9 Å². The largest absolute Gasteiger partial charge is 0.462 e. The molecule has 0 bridgehead atoms. The van der Waals surface area contributed by atoms with Crippen LogP contribution in [0.4, 0.5) is 0 Å². The summed E-state index contributed by atoms with van der Waals surface area (Å²) in [7, 11) is 0. The van der Waals surface area contributed by atoms with Gasteiger partial charge in [0.15, 0.2) is 17.5 Å². The van der Waals surface area contributed by atoms with Crippen LogP contribution in [0, 0.1) is 0 Å².